The van der Waals surface area contributed by atoms with Crippen LogP contribution in [-0.2, 0) is 0 Å². The number of fused-ring (bicyclic) bond motifs is 1. The van der Waals surface area contributed by atoms with Gasteiger partial charge in [0.1, 0.15) is 5.58 Å². The first kappa shape index (κ1) is 16.9. The van der Waals surface area contributed by atoms with Gasteiger partial charge in [-0.15, -0.1) is 0 Å². The lowest BCUT2D eigenvalue weighted by Crippen LogP contribution is -2.24. The van der Waals surface area contributed by atoms with E-state index in [1.54, 1.807) is 43.4 Å². The maximum absolute atomic E-state index is 12.3. The normalized spacial score (nSPS) is 10.5. The highest BCUT2D eigenvalue weighted by Crippen LogP contribution is 2.28. The zero-order valence-electron chi connectivity index (χ0n) is 13.6. The first-order valence-electron chi connectivity index (χ1n) is 7.57. The molecule has 128 valence electrons. The minimum Gasteiger partial charge on any atom is -0.421 e. The summed E-state index contributed by atoms with van der Waals surface area (Å²) in [6.45, 7) is 1.87. The number of halogens is 1. The second kappa shape index (κ2) is 6.86. The van der Waals surface area contributed by atoms with Crippen LogP contribution in [0.4, 0.5) is 21.9 Å². The van der Waals surface area contributed by atoms with Crippen LogP contribution < -0.4 is 21.6 Å². The van der Waals surface area contributed by atoms with E-state index in [1.165, 1.54) is 0 Å². The molecule has 0 aliphatic heterocycles. The van der Waals surface area contributed by atoms with Gasteiger partial charge >= 0.3 is 11.7 Å². The van der Waals surface area contributed by atoms with Gasteiger partial charge in [0.25, 0.3) is 0 Å². The summed E-state index contributed by atoms with van der Waals surface area (Å²) in [5.41, 5.74) is 1.75. The first-order chi connectivity index (χ1) is 12.0. The Bertz CT molecular complexity index is 1010. The molecule has 2 aromatic carbocycles. The average Bonchev–Trinajstić information content (AvgIpc) is 2.59. The number of carbonyl (C=O) groups excluding carboxylic acids is 1. The Morgan fingerprint density at radius 2 is 1.84 bits per heavy atom. The summed E-state index contributed by atoms with van der Waals surface area (Å²) in [5.74, 6) is 0. The van der Waals surface area contributed by atoms with Crippen LogP contribution >= 0.6 is 11.6 Å². The Morgan fingerprint density at radius 1 is 1.08 bits per heavy atom. The predicted octanol–water partition coefficient (Wildman–Crippen LogP) is 4.44. The first-order valence-corrected chi connectivity index (χ1v) is 7.95. The molecule has 0 atom stereocenters. The number of anilines is 3. The largest absolute Gasteiger partial charge is 0.421 e. The lowest BCUT2D eigenvalue weighted by Gasteiger charge is -2.13. The smallest absolute Gasteiger partial charge is 0.362 e. The third-order valence-electron chi connectivity index (χ3n) is 3.73. The van der Waals surface area contributed by atoms with Crippen LogP contribution in [0.1, 0.15) is 5.56 Å². The monoisotopic (exact) mass is 357 g/mol. The number of carbonyl (C=O) groups is 1. The highest BCUT2D eigenvalue weighted by Gasteiger charge is 2.16. The molecule has 0 aliphatic rings. The van der Waals surface area contributed by atoms with E-state index in [0.29, 0.717) is 27.4 Å². The molecule has 2 amide bonds. The van der Waals surface area contributed by atoms with Gasteiger partial charge in [-0.3, -0.25) is 5.32 Å². The van der Waals surface area contributed by atoms with Gasteiger partial charge in [0.15, 0.2) is 5.69 Å². The van der Waals surface area contributed by atoms with E-state index in [0.717, 1.165) is 5.56 Å². The van der Waals surface area contributed by atoms with Crippen LogP contribution in [0.15, 0.2) is 51.7 Å². The van der Waals surface area contributed by atoms with Crippen LogP contribution in [0.3, 0.4) is 0 Å². The van der Waals surface area contributed by atoms with Crippen LogP contribution in [0, 0.1) is 6.92 Å². The van der Waals surface area contributed by atoms with Crippen LogP contribution in [-0.4, -0.2) is 13.1 Å². The molecule has 0 radical (unpaired) electrons. The van der Waals surface area contributed by atoms with Crippen molar-refractivity contribution in [3.63, 3.8) is 0 Å². The topological polar surface area (TPSA) is 83.4 Å². The molecule has 0 fully saturated rings. The van der Waals surface area contributed by atoms with Crippen molar-refractivity contribution in [2.24, 2.45) is 0 Å². The van der Waals surface area contributed by atoms with Gasteiger partial charge in [-0.25, -0.2) is 9.59 Å². The molecule has 0 saturated heterocycles. The highest BCUT2D eigenvalue weighted by molar-refractivity contribution is 6.31. The van der Waals surface area contributed by atoms with Crippen LogP contribution in [0.2, 0.25) is 5.02 Å². The lowest BCUT2D eigenvalue weighted by atomic mass is 10.2. The summed E-state index contributed by atoms with van der Waals surface area (Å²) in [6, 6.07) is 11.7. The number of rotatable bonds is 3. The standard InChI is InChI=1S/C18H16ClN3O3/c1-10-7-8-11(9-13(10)19)21-18(24)22-16-15(20-2)12-5-3-4-6-14(12)25-17(16)23/h3-9,20H,1-2H3,(H2,21,22,24). The van der Waals surface area contributed by atoms with E-state index in [-0.39, 0.29) is 5.69 Å². The fourth-order valence-electron chi connectivity index (χ4n) is 2.47. The Kier molecular flexibility index (Phi) is 4.63. The van der Waals surface area contributed by atoms with Gasteiger partial charge in [-0.1, -0.05) is 29.8 Å². The van der Waals surface area contributed by atoms with Crippen molar-refractivity contribution in [1.29, 1.82) is 0 Å². The van der Waals surface area contributed by atoms with Gasteiger partial charge in [0, 0.05) is 23.1 Å². The minimum atomic E-state index is -0.639. The average molecular weight is 358 g/mol. The van der Waals surface area contributed by atoms with Crippen molar-refractivity contribution < 1.29 is 9.21 Å². The molecule has 7 heteroatoms. The summed E-state index contributed by atoms with van der Waals surface area (Å²) in [4.78, 5) is 24.5. The number of hydrogen-bond acceptors (Lipinski definition) is 4. The molecular weight excluding hydrogens is 342 g/mol. The van der Waals surface area contributed by atoms with Crippen LogP contribution in [0.5, 0.6) is 0 Å². The number of benzene rings is 2. The second-order valence-electron chi connectivity index (χ2n) is 5.43. The van der Waals surface area contributed by atoms with Gasteiger partial charge < -0.3 is 15.1 Å². The fourth-order valence-corrected chi connectivity index (χ4v) is 2.65. The zero-order chi connectivity index (χ0) is 18.0. The molecule has 3 rings (SSSR count). The van der Waals surface area contributed by atoms with Crippen LogP contribution in [0.25, 0.3) is 11.0 Å². The predicted molar refractivity (Wildman–Crippen MR) is 101 cm³/mol. The number of amides is 2. The molecule has 0 unspecified atom stereocenters. The SMILES string of the molecule is CNc1c(NC(=O)Nc2ccc(C)c(Cl)c2)c(=O)oc2ccccc12. The molecule has 0 bridgehead atoms. The maximum atomic E-state index is 12.3. The van der Waals surface area contributed by atoms with Gasteiger partial charge in [-0.05, 0) is 36.8 Å². The van der Waals surface area contributed by atoms with E-state index >= 15 is 0 Å². The summed E-state index contributed by atoms with van der Waals surface area (Å²) in [5, 5.41) is 9.36. The molecule has 0 aliphatic carbocycles. The van der Waals surface area contributed by atoms with E-state index in [2.05, 4.69) is 16.0 Å². The number of aryl methyl sites for hydroxylation is 1. The summed E-state index contributed by atoms with van der Waals surface area (Å²) < 4.78 is 5.26. The molecule has 3 N–H and O–H groups in total. The van der Waals surface area contributed by atoms with E-state index in [1.807, 2.05) is 13.0 Å². The van der Waals surface area contributed by atoms with E-state index in [4.69, 9.17) is 16.0 Å². The third kappa shape index (κ3) is 3.44. The number of nitrogens with one attached hydrogen (secondary N) is 3. The number of urea groups is 1. The van der Waals surface area contributed by atoms with Gasteiger partial charge in [0.05, 0.1) is 5.69 Å². The van der Waals surface area contributed by atoms with Crippen molar-refractivity contribution in [1.82, 2.24) is 0 Å². The fraction of sp³-hybridized carbons (Fsp3) is 0.111. The van der Waals surface area contributed by atoms with Gasteiger partial charge in [0.2, 0.25) is 0 Å². The molecule has 25 heavy (non-hydrogen) atoms. The van der Waals surface area contributed by atoms with Crippen molar-refractivity contribution in [3.8, 4) is 0 Å². The summed E-state index contributed by atoms with van der Waals surface area (Å²) in [7, 11) is 1.67. The van der Waals surface area contributed by atoms with Crippen molar-refractivity contribution in [2.45, 2.75) is 6.92 Å². The molecule has 6 nitrogen and oxygen atoms in total. The number of para-hydroxylation sites is 1. The molecule has 0 saturated carbocycles. The van der Waals surface area contributed by atoms with Crippen molar-refractivity contribution in [2.75, 3.05) is 23.0 Å². The quantitative estimate of drug-likeness (QED) is 0.605. The second-order valence-corrected chi connectivity index (χ2v) is 5.84. The summed E-state index contributed by atoms with van der Waals surface area (Å²) in [6.07, 6.45) is 0. The molecular formula is C18H16ClN3O3. The Hall–Kier alpha value is -2.99. The molecule has 1 aromatic heterocycles. The van der Waals surface area contributed by atoms with E-state index < -0.39 is 11.7 Å². The molecule has 0 spiro atoms. The highest BCUT2D eigenvalue weighted by atomic mass is 35.5. The summed E-state index contributed by atoms with van der Waals surface area (Å²) >= 11 is 6.05. The molecule has 3 aromatic rings. The zero-order valence-corrected chi connectivity index (χ0v) is 14.4. The van der Waals surface area contributed by atoms with Gasteiger partial charge in [-0.2, -0.15) is 0 Å². The Labute approximate surface area is 148 Å². The number of hydrogen-bond donors (Lipinski definition) is 3. The third-order valence-corrected chi connectivity index (χ3v) is 4.14. The maximum Gasteiger partial charge on any atom is 0.362 e. The minimum absolute atomic E-state index is 0.0388. The lowest BCUT2D eigenvalue weighted by molar-refractivity contribution is 0.262. The van der Waals surface area contributed by atoms with E-state index in [9.17, 15) is 9.59 Å². The molecule has 1 heterocycles. The van der Waals surface area contributed by atoms with Crippen molar-refractivity contribution in [3.05, 3.63) is 63.5 Å². The van der Waals surface area contributed by atoms with Crippen molar-refractivity contribution >= 4 is 45.7 Å². The Morgan fingerprint density at radius 3 is 2.56 bits per heavy atom. The Balaban J connectivity index is 1.91.